The number of aryl methyl sites for hydroxylation is 1. The number of aromatic nitrogens is 2. The molecule has 0 aliphatic rings. The van der Waals surface area contributed by atoms with Gasteiger partial charge in [-0.1, -0.05) is 25.1 Å². The molecule has 1 aromatic carbocycles. The Bertz CT molecular complexity index is 462. The van der Waals surface area contributed by atoms with Crippen LogP contribution in [0.25, 0.3) is 5.69 Å². The molecule has 3 heteroatoms. The van der Waals surface area contributed by atoms with Gasteiger partial charge in [-0.2, -0.15) is 5.10 Å². The summed E-state index contributed by atoms with van der Waals surface area (Å²) in [6.45, 7) is 4.46. The van der Waals surface area contributed by atoms with Crippen LogP contribution in [0.2, 0.25) is 0 Å². The zero-order valence-corrected chi connectivity index (χ0v) is 11.7. The Balaban J connectivity index is 1.75. The third-order valence-electron chi connectivity index (χ3n) is 3.15. The van der Waals surface area contributed by atoms with Crippen LogP contribution in [0, 0.1) is 0 Å². The average Bonchev–Trinajstić information content (AvgIpc) is 2.92. The van der Waals surface area contributed by atoms with Crippen LogP contribution in [0.4, 0.5) is 0 Å². The van der Waals surface area contributed by atoms with Crippen molar-refractivity contribution >= 4 is 0 Å². The fraction of sp³-hybridized carbons (Fsp3) is 0.438. The molecule has 0 atom stereocenters. The molecule has 102 valence electrons. The second-order valence-corrected chi connectivity index (χ2v) is 4.84. The van der Waals surface area contributed by atoms with E-state index in [9.17, 15) is 0 Å². The van der Waals surface area contributed by atoms with E-state index in [1.165, 1.54) is 24.8 Å². The molecule has 0 spiro atoms. The first-order chi connectivity index (χ1) is 9.40. The summed E-state index contributed by atoms with van der Waals surface area (Å²) >= 11 is 0. The van der Waals surface area contributed by atoms with Gasteiger partial charge in [0, 0.05) is 6.20 Å². The summed E-state index contributed by atoms with van der Waals surface area (Å²) in [4.78, 5) is 0. The minimum absolute atomic E-state index is 1.11. The van der Waals surface area contributed by atoms with Crippen molar-refractivity contribution in [1.29, 1.82) is 0 Å². The van der Waals surface area contributed by atoms with Gasteiger partial charge in [0.25, 0.3) is 0 Å². The molecule has 1 N–H and O–H groups in total. The molecule has 19 heavy (non-hydrogen) atoms. The fourth-order valence-corrected chi connectivity index (χ4v) is 2.09. The maximum absolute atomic E-state index is 4.42. The summed E-state index contributed by atoms with van der Waals surface area (Å²) in [5.41, 5.74) is 2.44. The topological polar surface area (TPSA) is 29.9 Å². The number of rotatable bonds is 8. The Labute approximate surface area is 115 Å². The molecule has 0 aliphatic heterocycles. The minimum Gasteiger partial charge on any atom is -0.317 e. The molecule has 0 amide bonds. The molecule has 0 bridgehead atoms. The molecule has 1 aromatic heterocycles. The third-order valence-corrected chi connectivity index (χ3v) is 3.15. The normalized spacial score (nSPS) is 10.8. The first-order valence-corrected chi connectivity index (χ1v) is 7.20. The highest BCUT2D eigenvalue weighted by molar-refractivity contribution is 5.30. The largest absolute Gasteiger partial charge is 0.317 e. The lowest BCUT2D eigenvalue weighted by atomic mass is 10.1. The van der Waals surface area contributed by atoms with Gasteiger partial charge in [0.15, 0.2) is 0 Å². The van der Waals surface area contributed by atoms with Crippen LogP contribution >= 0.6 is 0 Å². The summed E-state index contributed by atoms with van der Waals surface area (Å²) in [6.07, 6.45) is 8.89. The Kier molecular flexibility index (Phi) is 5.63. The standard InChI is InChI=1S/C16H23N3/c1-2-11-17-12-7-6-8-15-13-18-19(14-15)16-9-4-3-5-10-16/h3-5,9-10,13-14,17H,2,6-8,11-12H2,1H3. The van der Waals surface area contributed by atoms with Crippen LogP contribution in [0.15, 0.2) is 42.7 Å². The van der Waals surface area contributed by atoms with E-state index >= 15 is 0 Å². The van der Waals surface area contributed by atoms with Crippen LogP contribution in [0.1, 0.15) is 31.7 Å². The number of hydrogen-bond donors (Lipinski definition) is 1. The van der Waals surface area contributed by atoms with Gasteiger partial charge in [0.1, 0.15) is 0 Å². The molecule has 2 rings (SSSR count). The molecule has 0 saturated carbocycles. The van der Waals surface area contributed by atoms with Gasteiger partial charge in [-0.15, -0.1) is 0 Å². The molecule has 0 radical (unpaired) electrons. The van der Waals surface area contributed by atoms with Crippen LogP contribution in [0.3, 0.4) is 0 Å². The Morgan fingerprint density at radius 2 is 1.95 bits per heavy atom. The van der Waals surface area contributed by atoms with E-state index in [-0.39, 0.29) is 0 Å². The average molecular weight is 257 g/mol. The van der Waals surface area contributed by atoms with Crippen molar-refractivity contribution in [2.75, 3.05) is 13.1 Å². The highest BCUT2D eigenvalue weighted by Crippen LogP contribution is 2.09. The predicted molar refractivity (Wildman–Crippen MR) is 79.7 cm³/mol. The number of nitrogens with one attached hydrogen (secondary N) is 1. The lowest BCUT2D eigenvalue weighted by Gasteiger charge is -2.02. The molecule has 0 fully saturated rings. The monoisotopic (exact) mass is 257 g/mol. The van der Waals surface area contributed by atoms with Crippen molar-refractivity contribution in [2.24, 2.45) is 0 Å². The molecule has 1 heterocycles. The maximum Gasteiger partial charge on any atom is 0.0645 e. The number of para-hydroxylation sites is 1. The Hall–Kier alpha value is -1.61. The van der Waals surface area contributed by atoms with E-state index in [1.807, 2.05) is 29.1 Å². The van der Waals surface area contributed by atoms with Crippen molar-refractivity contribution in [1.82, 2.24) is 15.1 Å². The summed E-state index contributed by atoms with van der Waals surface area (Å²) < 4.78 is 1.95. The number of benzene rings is 1. The van der Waals surface area contributed by atoms with Crippen molar-refractivity contribution in [3.8, 4) is 5.69 Å². The molecule has 0 saturated heterocycles. The van der Waals surface area contributed by atoms with E-state index in [2.05, 4.69) is 35.7 Å². The van der Waals surface area contributed by atoms with E-state index in [4.69, 9.17) is 0 Å². The van der Waals surface area contributed by atoms with Gasteiger partial charge >= 0.3 is 0 Å². The SMILES string of the molecule is CCCNCCCCc1cnn(-c2ccccc2)c1. The molecule has 0 aliphatic carbocycles. The highest BCUT2D eigenvalue weighted by atomic mass is 15.3. The number of nitrogens with zero attached hydrogens (tertiary/aromatic N) is 2. The van der Waals surface area contributed by atoms with Gasteiger partial charge < -0.3 is 5.32 Å². The van der Waals surface area contributed by atoms with Crippen LogP contribution in [-0.4, -0.2) is 22.9 Å². The molecular weight excluding hydrogens is 234 g/mol. The van der Waals surface area contributed by atoms with E-state index in [0.29, 0.717) is 0 Å². The zero-order chi connectivity index (χ0) is 13.3. The van der Waals surface area contributed by atoms with Crippen molar-refractivity contribution in [3.63, 3.8) is 0 Å². The summed E-state index contributed by atoms with van der Waals surface area (Å²) in [5.74, 6) is 0. The van der Waals surface area contributed by atoms with Gasteiger partial charge in [-0.25, -0.2) is 4.68 Å². The van der Waals surface area contributed by atoms with Gasteiger partial charge in [0.05, 0.1) is 11.9 Å². The van der Waals surface area contributed by atoms with Gasteiger partial charge in [0.2, 0.25) is 0 Å². The first kappa shape index (κ1) is 13.8. The molecule has 3 nitrogen and oxygen atoms in total. The quantitative estimate of drug-likeness (QED) is 0.736. The lowest BCUT2D eigenvalue weighted by molar-refractivity contribution is 0.617. The van der Waals surface area contributed by atoms with E-state index in [1.54, 1.807) is 0 Å². The smallest absolute Gasteiger partial charge is 0.0645 e. The van der Waals surface area contributed by atoms with Crippen molar-refractivity contribution in [2.45, 2.75) is 32.6 Å². The van der Waals surface area contributed by atoms with Crippen LogP contribution in [0.5, 0.6) is 0 Å². The molecule has 2 aromatic rings. The summed E-state index contributed by atoms with van der Waals surface area (Å²) in [6, 6.07) is 10.3. The van der Waals surface area contributed by atoms with Crippen LogP contribution in [-0.2, 0) is 6.42 Å². The molecule has 0 unspecified atom stereocenters. The van der Waals surface area contributed by atoms with Gasteiger partial charge in [-0.05, 0) is 56.5 Å². The number of hydrogen-bond acceptors (Lipinski definition) is 2. The van der Waals surface area contributed by atoms with Gasteiger partial charge in [-0.3, -0.25) is 0 Å². The number of unbranched alkanes of at least 4 members (excludes halogenated alkanes) is 1. The predicted octanol–water partition coefficient (Wildman–Crippen LogP) is 3.19. The molecular formula is C16H23N3. The highest BCUT2D eigenvalue weighted by Gasteiger charge is 2.00. The minimum atomic E-state index is 1.11. The second kappa shape index (κ2) is 7.74. The fourth-order valence-electron chi connectivity index (χ4n) is 2.09. The van der Waals surface area contributed by atoms with Crippen molar-refractivity contribution < 1.29 is 0 Å². The Morgan fingerprint density at radius 1 is 1.11 bits per heavy atom. The lowest BCUT2D eigenvalue weighted by Crippen LogP contribution is -2.15. The summed E-state index contributed by atoms with van der Waals surface area (Å²) in [7, 11) is 0. The Morgan fingerprint density at radius 3 is 2.74 bits per heavy atom. The van der Waals surface area contributed by atoms with E-state index in [0.717, 1.165) is 25.2 Å². The second-order valence-electron chi connectivity index (χ2n) is 4.84. The van der Waals surface area contributed by atoms with Crippen molar-refractivity contribution in [3.05, 3.63) is 48.3 Å². The van der Waals surface area contributed by atoms with E-state index < -0.39 is 0 Å². The maximum atomic E-state index is 4.42. The first-order valence-electron chi connectivity index (χ1n) is 7.20. The zero-order valence-electron chi connectivity index (χ0n) is 11.7. The van der Waals surface area contributed by atoms with Crippen LogP contribution < -0.4 is 5.32 Å². The third kappa shape index (κ3) is 4.52. The summed E-state index contributed by atoms with van der Waals surface area (Å²) in [5, 5.41) is 7.85.